The molecule has 4 amide bonds. The second kappa shape index (κ2) is 5.75. The summed E-state index contributed by atoms with van der Waals surface area (Å²) in [5, 5.41) is 5.18. The van der Waals surface area contributed by atoms with Crippen LogP contribution in [0, 0.1) is 12.7 Å². The van der Waals surface area contributed by atoms with Gasteiger partial charge in [-0.25, -0.2) is 9.18 Å². The average Bonchev–Trinajstić information content (AvgIpc) is 2.60. The van der Waals surface area contributed by atoms with Crippen LogP contribution in [0.5, 0.6) is 0 Å². The topological polar surface area (TPSA) is 78.5 Å². The predicted octanol–water partition coefficient (Wildman–Crippen LogP) is 1.79. The van der Waals surface area contributed by atoms with Crippen LogP contribution in [-0.2, 0) is 9.59 Å². The van der Waals surface area contributed by atoms with Crippen LogP contribution in [0.2, 0.25) is 0 Å². The molecular formula is C15H18FN3O3. The first-order valence-corrected chi connectivity index (χ1v) is 6.91. The van der Waals surface area contributed by atoms with Crippen molar-refractivity contribution in [2.75, 3.05) is 11.9 Å². The lowest BCUT2D eigenvalue weighted by molar-refractivity contribution is -0.130. The van der Waals surface area contributed by atoms with Gasteiger partial charge in [0, 0.05) is 18.7 Å². The molecule has 1 heterocycles. The maximum Gasteiger partial charge on any atom is 0.325 e. The zero-order valence-corrected chi connectivity index (χ0v) is 12.7. The Balaban J connectivity index is 1.93. The summed E-state index contributed by atoms with van der Waals surface area (Å²) in [6, 6.07) is 3.54. The van der Waals surface area contributed by atoms with Gasteiger partial charge in [-0.2, -0.15) is 0 Å². The SMILES string of the molecule is Cc1cc(F)ccc1NC(=O)CCN1C(=O)NC(C)(C)C1=O. The summed E-state index contributed by atoms with van der Waals surface area (Å²) in [6.45, 7) is 4.89. The molecule has 7 heteroatoms. The van der Waals surface area contributed by atoms with Crippen molar-refractivity contribution < 1.29 is 18.8 Å². The highest BCUT2D eigenvalue weighted by atomic mass is 19.1. The van der Waals surface area contributed by atoms with E-state index in [9.17, 15) is 18.8 Å². The van der Waals surface area contributed by atoms with Crippen LogP contribution in [0.3, 0.4) is 0 Å². The van der Waals surface area contributed by atoms with E-state index in [1.54, 1.807) is 20.8 Å². The molecule has 0 aromatic heterocycles. The molecular weight excluding hydrogens is 289 g/mol. The van der Waals surface area contributed by atoms with Crippen LogP contribution in [0.1, 0.15) is 25.8 Å². The number of aryl methyl sites for hydroxylation is 1. The van der Waals surface area contributed by atoms with E-state index in [4.69, 9.17) is 0 Å². The lowest BCUT2D eigenvalue weighted by Crippen LogP contribution is -2.40. The number of rotatable bonds is 4. The number of nitrogens with one attached hydrogen (secondary N) is 2. The van der Waals surface area contributed by atoms with Crippen molar-refractivity contribution in [2.45, 2.75) is 32.7 Å². The predicted molar refractivity (Wildman–Crippen MR) is 78.7 cm³/mol. The van der Waals surface area contributed by atoms with Gasteiger partial charge in [0.05, 0.1) is 0 Å². The molecule has 2 rings (SSSR count). The van der Waals surface area contributed by atoms with Gasteiger partial charge >= 0.3 is 6.03 Å². The van der Waals surface area contributed by atoms with Gasteiger partial charge in [0.1, 0.15) is 11.4 Å². The minimum absolute atomic E-state index is 0.000171. The van der Waals surface area contributed by atoms with E-state index in [1.165, 1.54) is 18.2 Å². The molecule has 22 heavy (non-hydrogen) atoms. The van der Waals surface area contributed by atoms with Crippen molar-refractivity contribution in [1.82, 2.24) is 10.2 Å². The van der Waals surface area contributed by atoms with Crippen LogP contribution in [0.15, 0.2) is 18.2 Å². The van der Waals surface area contributed by atoms with Gasteiger partial charge in [-0.15, -0.1) is 0 Å². The quantitative estimate of drug-likeness (QED) is 0.832. The van der Waals surface area contributed by atoms with Crippen LogP contribution in [-0.4, -0.2) is 34.8 Å². The molecule has 0 atom stereocenters. The summed E-state index contributed by atoms with van der Waals surface area (Å²) < 4.78 is 13.0. The average molecular weight is 307 g/mol. The molecule has 0 saturated carbocycles. The van der Waals surface area contributed by atoms with E-state index in [-0.39, 0.29) is 30.6 Å². The summed E-state index contributed by atoms with van der Waals surface area (Å²) >= 11 is 0. The maximum absolute atomic E-state index is 13.0. The zero-order chi connectivity index (χ0) is 16.5. The van der Waals surface area contributed by atoms with E-state index in [0.29, 0.717) is 11.3 Å². The van der Waals surface area contributed by atoms with Gasteiger partial charge in [-0.05, 0) is 44.5 Å². The molecule has 1 aromatic carbocycles. The van der Waals surface area contributed by atoms with E-state index >= 15 is 0 Å². The number of carbonyl (C=O) groups excluding carboxylic acids is 3. The van der Waals surface area contributed by atoms with Crippen LogP contribution in [0.4, 0.5) is 14.9 Å². The first kappa shape index (κ1) is 15.9. The maximum atomic E-state index is 13.0. The molecule has 1 fully saturated rings. The molecule has 1 aliphatic heterocycles. The van der Waals surface area contributed by atoms with Crippen LogP contribution in [0.25, 0.3) is 0 Å². The van der Waals surface area contributed by atoms with E-state index in [1.807, 2.05) is 0 Å². The molecule has 1 saturated heterocycles. The third kappa shape index (κ3) is 3.24. The number of urea groups is 1. The summed E-state index contributed by atoms with van der Waals surface area (Å²) in [4.78, 5) is 36.6. The number of benzene rings is 1. The van der Waals surface area contributed by atoms with Gasteiger partial charge in [-0.1, -0.05) is 0 Å². The van der Waals surface area contributed by atoms with Crippen molar-refractivity contribution in [3.63, 3.8) is 0 Å². The fourth-order valence-corrected chi connectivity index (χ4v) is 2.21. The summed E-state index contributed by atoms with van der Waals surface area (Å²) in [7, 11) is 0. The van der Waals surface area contributed by atoms with Crippen molar-refractivity contribution in [3.05, 3.63) is 29.6 Å². The highest BCUT2D eigenvalue weighted by molar-refractivity contribution is 6.06. The smallest absolute Gasteiger partial charge is 0.325 e. The van der Waals surface area contributed by atoms with Gasteiger partial charge in [0.2, 0.25) is 5.91 Å². The molecule has 0 unspecified atom stereocenters. The Hall–Kier alpha value is -2.44. The van der Waals surface area contributed by atoms with Gasteiger partial charge in [-0.3, -0.25) is 14.5 Å². The number of hydrogen-bond donors (Lipinski definition) is 2. The normalized spacial score (nSPS) is 16.6. The van der Waals surface area contributed by atoms with Gasteiger partial charge in [0.15, 0.2) is 0 Å². The number of carbonyl (C=O) groups is 3. The number of nitrogens with zero attached hydrogens (tertiary/aromatic N) is 1. The lowest BCUT2D eigenvalue weighted by atomic mass is 10.1. The van der Waals surface area contributed by atoms with Crippen LogP contribution >= 0.6 is 0 Å². The Labute approximate surface area is 127 Å². The third-order valence-electron chi connectivity index (χ3n) is 3.47. The number of halogens is 1. The molecule has 0 spiro atoms. The molecule has 2 N–H and O–H groups in total. The highest BCUT2D eigenvalue weighted by Gasteiger charge is 2.43. The van der Waals surface area contributed by atoms with E-state index in [0.717, 1.165) is 4.90 Å². The Kier molecular flexibility index (Phi) is 4.16. The molecule has 6 nitrogen and oxygen atoms in total. The minimum Gasteiger partial charge on any atom is -0.326 e. The van der Waals surface area contributed by atoms with Crippen LogP contribution < -0.4 is 10.6 Å². The van der Waals surface area contributed by atoms with E-state index < -0.39 is 11.6 Å². The molecule has 0 bridgehead atoms. The first-order chi connectivity index (χ1) is 10.2. The number of anilines is 1. The molecule has 0 aliphatic carbocycles. The number of hydrogen-bond acceptors (Lipinski definition) is 3. The highest BCUT2D eigenvalue weighted by Crippen LogP contribution is 2.18. The Morgan fingerprint density at radius 2 is 2.05 bits per heavy atom. The second-order valence-electron chi connectivity index (χ2n) is 5.77. The number of amides is 4. The fourth-order valence-electron chi connectivity index (χ4n) is 2.21. The Morgan fingerprint density at radius 3 is 2.59 bits per heavy atom. The Morgan fingerprint density at radius 1 is 1.36 bits per heavy atom. The van der Waals surface area contributed by atoms with Gasteiger partial charge < -0.3 is 10.6 Å². The fraction of sp³-hybridized carbons (Fsp3) is 0.400. The summed E-state index contributed by atoms with van der Waals surface area (Å²) in [6.07, 6.45) is -0.0218. The van der Waals surface area contributed by atoms with Crippen molar-refractivity contribution in [2.24, 2.45) is 0 Å². The zero-order valence-electron chi connectivity index (χ0n) is 12.7. The molecule has 118 valence electrons. The number of imide groups is 1. The van der Waals surface area contributed by atoms with E-state index in [2.05, 4.69) is 10.6 Å². The largest absolute Gasteiger partial charge is 0.326 e. The monoisotopic (exact) mass is 307 g/mol. The molecule has 1 aromatic rings. The lowest BCUT2D eigenvalue weighted by Gasteiger charge is -2.16. The minimum atomic E-state index is -0.943. The van der Waals surface area contributed by atoms with Crippen molar-refractivity contribution >= 4 is 23.5 Å². The molecule has 1 aliphatic rings. The first-order valence-electron chi connectivity index (χ1n) is 6.91. The Bertz CT molecular complexity index is 643. The third-order valence-corrected chi connectivity index (χ3v) is 3.47. The molecule has 0 radical (unpaired) electrons. The standard InChI is InChI=1S/C15H18FN3O3/c1-9-8-10(16)4-5-11(9)17-12(20)6-7-19-13(21)15(2,3)18-14(19)22/h4-5,8H,6-7H2,1-3H3,(H,17,20)(H,18,22). The second-order valence-corrected chi connectivity index (χ2v) is 5.77. The van der Waals surface area contributed by atoms with Crippen molar-refractivity contribution in [3.8, 4) is 0 Å². The summed E-state index contributed by atoms with van der Waals surface area (Å²) in [5.74, 6) is -1.08. The summed E-state index contributed by atoms with van der Waals surface area (Å²) in [5.41, 5.74) is 0.162. The van der Waals surface area contributed by atoms with Crippen molar-refractivity contribution in [1.29, 1.82) is 0 Å². The van der Waals surface area contributed by atoms with Gasteiger partial charge in [0.25, 0.3) is 5.91 Å².